The second kappa shape index (κ2) is 8.53. The average molecular weight is 368 g/mol. The lowest BCUT2D eigenvalue weighted by atomic mass is 10.2. The monoisotopic (exact) mass is 368 g/mol. The lowest BCUT2D eigenvalue weighted by Gasteiger charge is -2.07. The van der Waals surface area contributed by atoms with E-state index < -0.39 is 0 Å². The van der Waals surface area contributed by atoms with Gasteiger partial charge in [0.2, 0.25) is 5.16 Å². The molecule has 0 aliphatic carbocycles. The predicted molar refractivity (Wildman–Crippen MR) is 103 cm³/mol. The van der Waals surface area contributed by atoms with Crippen LogP contribution in [0.5, 0.6) is 11.5 Å². The Morgan fingerprint density at radius 1 is 1.12 bits per heavy atom. The molecule has 7 heteroatoms. The summed E-state index contributed by atoms with van der Waals surface area (Å²) in [6.07, 6.45) is 3.31. The molecule has 0 aliphatic heterocycles. The van der Waals surface area contributed by atoms with E-state index >= 15 is 0 Å². The fourth-order valence-electron chi connectivity index (χ4n) is 2.28. The first-order valence-electron chi connectivity index (χ1n) is 8.04. The summed E-state index contributed by atoms with van der Waals surface area (Å²) in [5.74, 6) is 2.23. The summed E-state index contributed by atoms with van der Waals surface area (Å²) in [6, 6.07) is 14.0. The number of ether oxygens (including phenoxy) is 2. The van der Waals surface area contributed by atoms with Gasteiger partial charge in [-0.1, -0.05) is 41.6 Å². The van der Waals surface area contributed by atoms with Crippen LogP contribution >= 0.6 is 11.8 Å². The molecule has 0 saturated carbocycles. The highest BCUT2D eigenvalue weighted by Crippen LogP contribution is 2.24. The average Bonchev–Trinajstić information content (AvgIpc) is 3.13. The molecule has 0 atom stereocenters. The van der Waals surface area contributed by atoms with Crippen molar-refractivity contribution in [2.75, 3.05) is 14.2 Å². The summed E-state index contributed by atoms with van der Waals surface area (Å²) in [5.41, 5.74) is 3.33. The molecule has 0 fully saturated rings. The number of aromatic nitrogens is 3. The highest BCUT2D eigenvalue weighted by atomic mass is 32.2. The van der Waals surface area contributed by atoms with Gasteiger partial charge in [-0.2, -0.15) is 9.78 Å². The summed E-state index contributed by atoms with van der Waals surface area (Å²) in [5, 5.41) is 13.3. The number of benzene rings is 2. The number of hydrogen-bond acceptors (Lipinski definition) is 6. The molecule has 0 saturated heterocycles. The zero-order valence-electron chi connectivity index (χ0n) is 14.9. The van der Waals surface area contributed by atoms with Crippen molar-refractivity contribution < 1.29 is 9.47 Å². The summed E-state index contributed by atoms with van der Waals surface area (Å²) < 4.78 is 12.3. The van der Waals surface area contributed by atoms with Gasteiger partial charge in [-0.25, -0.2) is 0 Å². The minimum Gasteiger partial charge on any atom is -0.497 e. The third-order valence-corrected chi connectivity index (χ3v) is 4.76. The zero-order valence-corrected chi connectivity index (χ0v) is 15.7. The van der Waals surface area contributed by atoms with Crippen molar-refractivity contribution in [1.82, 2.24) is 14.9 Å². The highest BCUT2D eigenvalue weighted by molar-refractivity contribution is 7.98. The summed E-state index contributed by atoms with van der Waals surface area (Å²) in [6.45, 7) is 2.08. The van der Waals surface area contributed by atoms with E-state index in [2.05, 4.69) is 46.5 Å². The fourth-order valence-corrected chi connectivity index (χ4v) is 3.09. The van der Waals surface area contributed by atoms with Gasteiger partial charge in [-0.05, 0) is 24.6 Å². The first-order chi connectivity index (χ1) is 12.7. The maximum Gasteiger partial charge on any atom is 0.212 e. The molecule has 0 amide bonds. The van der Waals surface area contributed by atoms with Crippen LogP contribution in [0.2, 0.25) is 0 Å². The normalized spacial score (nSPS) is 11.0. The van der Waals surface area contributed by atoms with Gasteiger partial charge < -0.3 is 9.47 Å². The third kappa shape index (κ3) is 4.43. The van der Waals surface area contributed by atoms with Gasteiger partial charge in [-0.15, -0.1) is 10.2 Å². The van der Waals surface area contributed by atoms with Crippen molar-refractivity contribution in [3.63, 3.8) is 0 Å². The van der Waals surface area contributed by atoms with Gasteiger partial charge in [-0.3, -0.25) is 0 Å². The van der Waals surface area contributed by atoms with E-state index in [1.54, 1.807) is 43.2 Å². The smallest absolute Gasteiger partial charge is 0.212 e. The molecule has 0 N–H and O–H groups in total. The Bertz CT molecular complexity index is 891. The summed E-state index contributed by atoms with van der Waals surface area (Å²) in [4.78, 5) is 0. The summed E-state index contributed by atoms with van der Waals surface area (Å²) >= 11 is 1.59. The van der Waals surface area contributed by atoms with Crippen LogP contribution in [0, 0.1) is 6.92 Å². The van der Waals surface area contributed by atoms with Gasteiger partial charge >= 0.3 is 0 Å². The van der Waals surface area contributed by atoms with Crippen LogP contribution in [0.1, 0.15) is 16.7 Å². The van der Waals surface area contributed by atoms with E-state index in [1.165, 1.54) is 11.1 Å². The van der Waals surface area contributed by atoms with Gasteiger partial charge in [0.25, 0.3) is 0 Å². The van der Waals surface area contributed by atoms with Crippen LogP contribution in [0.15, 0.2) is 59.0 Å². The zero-order chi connectivity index (χ0) is 18.4. The molecule has 134 valence electrons. The SMILES string of the molecule is COc1ccc(/C=N\n2cnnc2SCc2ccc(C)cc2)c(OC)c1. The second-order valence-electron chi connectivity index (χ2n) is 5.58. The molecule has 1 heterocycles. The molecule has 0 unspecified atom stereocenters. The van der Waals surface area contributed by atoms with Crippen LogP contribution in [0.3, 0.4) is 0 Å². The number of thioether (sulfide) groups is 1. The number of methoxy groups -OCH3 is 2. The number of nitrogens with zero attached hydrogens (tertiary/aromatic N) is 4. The fraction of sp³-hybridized carbons (Fsp3) is 0.211. The van der Waals surface area contributed by atoms with Crippen LogP contribution in [-0.4, -0.2) is 35.3 Å². The molecule has 6 nitrogen and oxygen atoms in total. The third-order valence-electron chi connectivity index (χ3n) is 3.75. The van der Waals surface area contributed by atoms with Crippen molar-refractivity contribution in [3.8, 4) is 11.5 Å². The molecule has 2 aromatic carbocycles. The Morgan fingerprint density at radius 3 is 2.65 bits per heavy atom. The standard InChI is InChI=1S/C19H20N4O2S/c1-14-4-6-15(7-5-14)12-26-19-22-20-13-23(19)21-11-16-8-9-17(24-2)10-18(16)25-3/h4-11,13H,12H2,1-3H3/b21-11-. The van der Waals surface area contributed by atoms with Crippen LogP contribution in [0.4, 0.5) is 0 Å². The van der Waals surface area contributed by atoms with E-state index in [-0.39, 0.29) is 0 Å². The van der Waals surface area contributed by atoms with Gasteiger partial charge in [0.1, 0.15) is 17.8 Å². The number of aryl methyl sites for hydroxylation is 1. The van der Waals surface area contributed by atoms with E-state index in [4.69, 9.17) is 9.47 Å². The predicted octanol–water partition coefficient (Wildman–Crippen LogP) is 3.78. The van der Waals surface area contributed by atoms with Crippen molar-refractivity contribution in [3.05, 3.63) is 65.5 Å². The van der Waals surface area contributed by atoms with Crippen LogP contribution in [-0.2, 0) is 5.75 Å². The van der Waals surface area contributed by atoms with Crippen molar-refractivity contribution in [1.29, 1.82) is 0 Å². The number of rotatable bonds is 7. The van der Waals surface area contributed by atoms with Crippen LogP contribution < -0.4 is 9.47 Å². The molecule has 3 aromatic rings. The van der Waals surface area contributed by atoms with Gasteiger partial charge in [0, 0.05) is 17.4 Å². The Kier molecular flexibility index (Phi) is 5.91. The minimum atomic E-state index is 0.690. The highest BCUT2D eigenvalue weighted by Gasteiger charge is 2.06. The maximum absolute atomic E-state index is 5.39. The number of hydrogen-bond donors (Lipinski definition) is 0. The first kappa shape index (κ1) is 18.0. The molecule has 0 radical (unpaired) electrons. The molecule has 0 aliphatic rings. The lowest BCUT2D eigenvalue weighted by Crippen LogP contribution is -1.96. The van der Waals surface area contributed by atoms with E-state index in [0.717, 1.165) is 22.2 Å². The quantitative estimate of drug-likeness (QED) is 0.469. The Balaban J connectivity index is 1.72. The van der Waals surface area contributed by atoms with Crippen molar-refractivity contribution >= 4 is 18.0 Å². The molecular weight excluding hydrogens is 348 g/mol. The van der Waals surface area contributed by atoms with Crippen LogP contribution in [0.25, 0.3) is 0 Å². The molecule has 1 aromatic heterocycles. The molecular formula is C19H20N4O2S. The maximum atomic E-state index is 5.39. The Labute approximate surface area is 156 Å². The van der Waals surface area contributed by atoms with E-state index in [1.807, 2.05) is 18.2 Å². The molecule has 26 heavy (non-hydrogen) atoms. The first-order valence-corrected chi connectivity index (χ1v) is 9.03. The van der Waals surface area contributed by atoms with Gasteiger partial charge in [0.15, 0.2) is 0 Å². The molecule has 3 rings (SSSR count). The van der Waals surface area contributed by atoms with Crippen molar-refractivity contribution in [2.24, 2.45) is 5.10 Å². The molecule has 0 spiro atoms. The Morgan fingerprint density at radius 2 is 1.92 bits per heavy atom. The van der Waals surface area contributed by atoms with E-state index in [0.29, 0.717) is 5.75 Å². The topological polar surface area (TPSA) is 61.5 Å². The minimum absolute atomic E-state index is 0.690. The Hall–Kier alpha value is -2.80. The summed E-state index contributed by atoms with van der Waals surface area (Å²) in [7, 11) is 3.24. The van der Waals surface area contributed by atoms with Gasteiger partial charge in [0.05, 0.1) is 20.4 Å². The lowest BCUT2D eigenvalue weighted by molar-refractivity contribution is 0.394. The second-order valence-corrected chi connectivity index (χ2v) is 6.53. The molecule has 0 bridgehead atoms. The largest absolute Gasteiger partial charge is 0.497 e. The van der Waals surface area contributed by atoms with E-state index in [9.17, 15) is 0 Å². The van der Waals surface area contributed by atoms with Crippen molar-refractivity contribution in [2.45, 2.75) is 17.8 Å².